The summed E-state index contributed by atoms with van der Waals surface area (Å²) in [7, 11) is 0. The summed E-state index contributed by atoms with van der Waals surface area (Å²) in [6, 6.07) is 6.47. The predicted molar refractivity (Wildman–Crippen MR) is 76.1 cm³/mol. The van der Waals surface area contributed by atoms with Gasteiger partial charge in [0.05, 0.1) is 5.56 Å². The van der Waals surface area contributed by atoms with Crippen molar-refractivity contribution in [3.8, 4) is 0 Å². The molecule has 2 N–H and O–H groups in total. The first kappa shape index (κ1) is 12.5. The summed E-state index contributed by atoms with van der Waals surface area (Å²) >= 11 is 0. The van der Waals surface area contributed by atoms with E-state index in [1.54, 1.807) is 0 Å². The van der Waals surface area contributed by atoms with Crippen molar-refractivity contribution in [2.24, 2.45) is 0 Å². The fourth-order valence-corrected chi connectivity index (χ4v) is 2.77. The highest BCUT2D eigenvalue weighted by Gasteiger charge is 2.32. The molecule has 1 saturated carbocycles. The van der Waals surface area contributed by atoms with E-state index in [-0.39, 0.29) is 5.91 Å². The van der Waals surface area contributed by atoms with Gasteiger partial charge in [-0.15, -0.1) is 0 Å². The molecule has 0 unspecified atom stereocenters. The van der Waals surface area contributed by atoms with Crippen LogP contribution in [-0.2, 0) is 0 Å². The van der Waals surface area contributed by atoms with Gasteiger partial charge in [0.2, 0.25) is 0 Å². The zero-order chi connectivity index (χ0) is 13.4. The van der Waals surface area contributed by atoms with Crippen LogP contribution in [0, 0.1) is 6.92 Å². The summed E-state index contributed by atoms with van der Waals surface area (Å²) < 4.78 is 0. The first-order chi connectivity index (χ1) is 9.16. The molecular weight excluding hydrogens is 238 g/mol. The molecule has 4 nitrogen and oxygen atoms in total. The van der Waals surface area contributed by atoms with E-state index >= 15 is 0 Å². The second-order valence-corrected chi connectivity index (χ2v) is 5.60. The van der Waals surface area contributed by atoms with Crippen molar-refractivity contribution < 1.29 is 4.79 Å². The highest BCUT2D eigenvalue weighted by molar-refractivity contribution is 5.99. The van der Waals surface area contributed by atoms with Crippen molar-refractivity contribution in [3.63, 3.8) is 0 Å². The Morgan fingerprint density at radius 2 is 1.89 bits per heavy atom. The number of nitrogen functional groups attached to an aromatic ring is 1. The monoisotopic (exact) mass is 259 g/mol. The SMILES string of the molecule is Cc1cccc(C(=O)N2CCN(C3CC3)CC2)c1N. The molecule has 1 aromatic carbocycles. The Balaban J connectivity index is 1.69. The molecule has 19 heavy (non-hydrogen) atoms. The maximum atomic E-state index is 12.5. The molecule has 0 atom stereocenters. The van der Waals surface area contributed by atoms with Gasteiger partial charge >= 0.3 is 0 Å². The first-order valence-electron chi connectivity index (χ1n) is 7.05. The van der Waals surface area contributed by atoms with Gasteiger partial charge in [0.25, 0.3) is 5.91 Å². The summed E-state index contributed by atoms with van der Waals surface area (Å²) in [5, 5.41) is 0. The Bertz CT molecular complexity index is 488. The standard InChI is InChI=1S/C15H21N3O/c1-11-3-2-4-13(14(11)16)15(19)18-9-7-17(8-10-18)12-5-6-12/h2-4,12H,5-10,16H2,1H3. The lowest BCUT2D eigenvalue weighted by Crippen LogP contribution is -2.49. The van der Waals surface area contributed by atoms with Gasteiger partial charge in [-0.2, -0.15) is 0 Å². The number of rotatable bonds is 2. The molecule has 1 aliphatic carbocycles. The molecule has 0 aromatic heterocycles. The number of hydrogen-bond donors (Lipinski definition) is 1. The van der Waals surface area contributed by atoms with E-state index in [2.05, 4.69) is 4.90 Å². The summed E-state index contributed by atoms with van der Waals surface area (Å²) in [5.74, 6) is 0.0802. The number of nitrogens with zero attached hydrogens (tertiary/aromatic N) is 2. The third kappa shape index (κ3) is 2.45. The van der Waals surface area contributed by atoms with E-state index in [1.165, 1.54) is 12.8 Å². The third-order valence-electron chi connectivity index (χ3n) is 4.22. The highest BCUT2D eigenvalue weighted by atomic mass is 16.2. The maximum Gasteiger partial charge on any atom is 0.256 e. The van der Waals surface area contributed by atoms with Crippen LogP contribution in [0.25, 0.3) is 0 Å². The van der Waals surface area contributed by atoms with E-state index in [9.17, 15) is 4.79 Å². The molecule has 0 bridgehead atoms. The number of amides is 1. The molecule has 2 fully saturated rings. The number of para-hydroxylation sites is 1. The molecule has 1 heterocycles. The van der Waals surface area contributed by atoms with Crippen LogP contribution in [0.1, 0.15) is 28.8 Å². The highest BCUT2D eigenvalue weighted by Crippen LogP contribution is 2.28. The zero-order valence-electron chi connectivity index (χ0n) is 11.4. The quantitative estimate of drug-likeness (QED) is 0.819. The predicted octanol–water partition coefficient (Wildman–Crippen LogP) is 1.50. The normalized spacial score (nSPS) is 20.6. The van der Waals surface area contributed by atoms with Crippen molar-refractivity contribution >= 4 is 11.6 Å². The molecule has 3 rings (SSSR count). The van der Waals surface area contributed by atoms with Crippen LogP contribution in [0.5, 0.6) is 0 Å². The second kappa shape index (κ2) is 4.85. The third-order valence-corrected chi connectivity index (χ3v) is 4.22. The molecule has 102 valence electrons. The van der Waals surface area contributed by atoms with Crippen LogP contribution in [0.2, 0.25) is 0 Å². The number of hydrogen-bond acceptors (Lipinski definition) is 3. The number of anilines is 1. The lowest BCUT2D eigenvalue weighted by atomic mass is 10.1. The van der Waals surface area contributed by atoms with Crippen molar-refractivity contribution in [1.29, 1.82) is 0 Å². The van der Waals surface area contributed by atoms with E-state index in [1.807, 2.05) is 30.0 Å². The average molecular weight is 259 g/mol. The van der Waals surface area contributed by atoms with Crippen LogP contribution in [0.3, 0.4) is 0 Å². The first-order valence-corrected chi connectivity index (χ1v) is 7.05. The van der Waals surface area contributed by atoms with Crippen molar-refractivity contribution in [2.75, 3.05) is 31.9 Å². The van der Waals surface area contributed by atoms with Gasteiger partial charge in [-0.3, -0.25) is 9.69 Å². The van der Waals surface area contributed by atoms with Crippen molar-refractivity contribution in [2.45, 2.75) is 25.8 Å². The molecule has 4 heteroatoms. The summed E-state index contributed by atoms with van der Waals surface area (Å²) in [6.07, 6.45) is 2.66. The number of nitrogens with two attached hydrogens (primary N) is 1. The number of piperazine rings is 1. The smallest absolute Gasteiger partial charge is 0.256 e. The molecular formula is C15H21N3O. The summed E-state index contributed by atoms with van der Waals surface area (Å²) in [4.78, 5) is 16.9. The van der Waals surface area contributed by atoms with Gasteiger partial charge in [-0.25, -0.2) is 0 Å². The van der Waals surface area contributed by atoms with Gasteiger partial charge in [0.1, 0.15) is 0 Å². The Labute approximate surface area is 114 Å². The van der Waals surface area contributed by atoms with Gasteiger partial charge in [0.15, 0.2) is 0 Å². The van der Waals surface area contributed by atoms with Crippen LogP contribution >= 0.6 is 0 Å². The number of carbonyl (C=O) groups is 1. The van der Waals surface area contributed by atoms with Crippen molar-refractivity contribution in [1.82, 2.24) is 9.80 Å². The largest absolute Gasteiger partial charge is 0.398 e. The lowest BCUT2D eigenvalue weighted by molar-refractivity contribution is 0.0628. The van der Waals surface area contributed by atoms with Crippen LogP contribution in [0.4, 0.5) is 5.69 Å². The number of carbonyl (C=O) groups excluding carboxylic acids is 1. The summed E-state index contributed by atoms with van der Waals surface area (Å²) in [5.41, 5.74) is 8.27. The van der Waals surface area contributed by atoms with Crippen LogP contribution in [0.15, 0.2) is 18.2 Å². The second-order valence-electron chi connectivity index (χ2n) is 5.60. The fourth-order valence-electron chi connectivity index (χ4n) is 2.77. The lowest BCUT2D eigenvalue weighted by Gasteiger charge is -2.35. The minimum atomic E-state index is 0.0802. The summed E-state index contributed by atoms with van der Waals surface area (Å²) in [6.45, 7) is 5.59. The molecule has 1 aromatic rings. The average Bonchev–Trinajstić information content (AvgIpc) is 3.26. The molecule has 0 radical (unpaired) electrons. The van der Waals surface area contributed by atoms with Gasteiger partial charge < -0.3 is 10.6 Å². The molecule has 1 amide bonds. The van der Waals surface area contributed by atoms with Crippen molar-refractivity contribution in [3.05, 3.63) is 29.3 Å². The van der Waals surface area contributed by atoms with Gasteiger partial charge in [-0.05, 0) is 31.4 Å². The zero-order valence-corrected chi connectivity index (χ0v) is 11.4. The maximum absolute atomic E-state index is 12.5. The molecule has 0 spiro atoms. The van der Waals surface area contributed by atoms with Gasteiger partial charge in [0, 0.05) is 37.9 Å². The molecule has 1 saturated heterocycles. The fraction of sp³-hybridized carbons (Fsp3) is 0.533. The van der Waals surface area contributed by atoms with Crippen LogP contribution < -0.4 is 5.73 Å². The Hall–Kier alpha value is -1.55. The Morgan fingerprint density at radius 1 is 1.21 bits per heavy atom. The Kier molecular flexibility index (Phi) is 3.19. The minimum Gasteiger partial charge on any atom is -0.398 e. The van der Waals surface area contributed by atoms with Gasteiger partial charge in [-0.1, -0.05) is 12.1 Å². The van der Waals surface area contributed by atoms with E-state index in [0.717, 1.165) is 37.8 Å². The Morgan fingerprint density at radius 3 is 2.53 bits per heavy atom. The topological polar surface area (TPSA) is 49.6 Å². The number of aryl methyl sites for hydroxylation is 1. The molecule has 2 aliphatic rings. The molecule has 1 aliphatic heterocycles. The van der Waals surface area contributed by atoms with E-state index in [0.29, 0.717) is 11.3 Å². The number of benzene rings is 1. The van der Waals surface area contributed by atoms with E-state index in [4.69, 9.17) is 5.73 Å². The van der Waals surface area contributed by atoms with E-state index < -0.39 is 0 Å². The minimum absolute atomic E-state index is 0.0802. The van der Waals surface area contributed by atoms with Crippen LogP contribution in [-0.4, -0.2) is 47.9 Å².